The summed E-state index contributed by atoms with van der Waals surface area (Å²) in [5.74, 6) is 0. The highest BCUT2D eigenvalue weighted by Gasteiger charge is 2.25. The minimum atomic E-state index is 0.859. The van der Waals surface area contributed by atoms with Crippen LogP contribution in [0.3, 0.4) is 0 Å². The van der Waals surface area contributed by atoms with Gasteiger partial charge in [-0.25, -0.2) is 0 Å². The fourth-order valence-electron chi connectivity index (χ4n) is 9.44. The molecule has 1 aromatic heterocycles. The Labute approximate surface area is 335 Å². The third-order valence-corrected chi connectivity index (χ3v) is 12.0. The molecule has 0 N–H and O–H groups in total. The zero-order chi connectivity index (χ0) is 38.2. The first-order valence-corrected chi connectivity index (χ1v) is 19.9. The van der Waals surface area contributed by atoms with Crippen LogP contribution in [-0.2, 0) is 0 Å². The summed E-state index contributed by atoms with van der Waals surface area (Å²) in [6.07, 6.45) is 0. The van der Waals surface area contributed by atoms with Crippen molar-refractivity contribution < 1.29 is 4.42 Å². The lowest BCUT2D eigenvalue weighted by Crippen LogP contribution is -2.11. The van der Waals surface area contributed by atoms with Crippen molar-refractivity contribution in [1.82, 2.24) is 0 Å². The summed E-state index contributed by atoms with van der Waals surface area (Å²) in [4.78, 5) is 2.44. The van der Waals surface area contributed by atoms with E-state index in [9.17, 15) is 0 Å². The van der Waals surface area contributed by atoms with E-state index in [-0.39, 0.29) is 0 Å². The summed E-state index contributed by atoms with van der Waals surface area (Å²) in [6, 6.07) is 77.0. The van der Waals surface area contributed by atoms with Crippen LogP contribution in [0.15, 0.2) is 217 Å². The number of anilines is 3. The smallest absolute Gasteiger partial charge is 0.159 e. The molecule has 0 atom stereocenters. The molecule has 0 aliphatic heterocycles. The van der Waals surface area contributed by atoms with Crippen LogP contribution in [0.1, 0.15) is 0 Å². The predicted molar refractivity (Wildman–Crippen MR) is 247 cm³/mol. The van der Waals surface area contributed by atoms with E-state index in [2.05, 4.69) is 217 Å². The van der Waals surface area contributed by atoms with Crippen molar-refractivity contribution in [1.29, 1.82) is 0 Å². The quantitative estimate of drug-likeness (QED) is 0.164. The number of benzene rings is 11. The summed E-state index contributed by atoms with van der Waals surface area (Å²) in [7, 11) is 0. The van der Waals surface area contributed by atoms with Crippen LogP contribution < -0.4 is 4.90 Å². The highest BCUT2D eigenvalue weighted by atomic mass is 16.3. The molecule has 0 aliphatic carbocycles. The van der Waals surface area contributed by atoms with Gasteiger partial charge >= 0.3 is 0 Å². The van der Waals surface area contributed by atoms with Crippen LogP contribution in [0.25, 0.3) is 98.1 Å². The number of rotatable bonds is 5. The van der Waals surface area contributed by atoms with E-state index in [1.165, 1.54) is 65.3 Å². The molecule has 1 heterocycles. The zero-order valence-corrected chi connectivity index (χ0v) is 31.6. The summed E-state index contributed by atoms with van der Waals surface area (Å²) in [5, 5.41) is 14.2. The normalized spacial score (nSPS) is 11.8. The summed E-state index contributed by atoms with van der Waals surface area (Å²) in [5.41, 5.74) is 9.74. The molecule has 0 saturated heterocycles. The van der Waals surface area contributed by atoms with E-state index in [1.54, 1.807) is 0 Å². The van der Waals surface area contributed by atoms with Crippen LogP contribution >= 0.6 is 0 Å². The van der Waals surface area contributed by atoms with Gasteiger partial charge in [0.25, 0.3) is 0 Å². The Morgan fingerprint density at radius 1 is 0.276 bits per heavy atom. The van der Waals surface area contributed by atoms with E-state index in [0.717, 1.165) is 49.8 Å². The average molecular weight is 738 g/mol. The van der Waals surface area contributed by atoms with Crippen LogP contribution in [0, 0.1) is 0 Å². The van der Waals surface area contributed by atoms with Gasteiger partial charge in [-0.05, 0) is 95.7 Å². The van der Waals surface area contributed by atoms with Gasteiger partial charge in [-0.1, -0.05) is 182 Å². The van der Waals surface area contributed by atoms with Gasteiger partial charge in [0.2, 0.25) is 0 Å². The number of furan rings is 1. The monoisotopic (exact) mass is 737 g/mol. The molecule has 0 amide bonds. The molecule has 12 rings (SSSR count). The Bertz CT molecular complexity index is 3570. The van der Waals surface area contributed by atoms with E-state index in [4.69, 9.17) is 4.42 Å². The standard InChI is InChI=1S/C56H35NO/c1-3-17-37(18-4-1)53-47-27-14-12-25-44(47)45-33-31-40(35-50(45)54(53)38-19-5-2-6-20-38)57(52-34-39-21-8-9-22-41(39)43-24-11-13-26-46(43)52)51-29-15-28-48-49-32-30-36-16-7-10-23-42(36)55(49)58-56(48)51/h1-35H. The molecule has 0 spiro atoms. The van der Waals surface area contributed by atoms with Crippen LogP contribution in [-0.4, -0.2) is 0 Å². The summed E-state index contributed by atoms with van der Waals surface area (Å²) >= 11 is 0. The Balaban J connectivity index is 1.23. The largest absolute Gasteiger partial charge is 0.453 e. The predicted octanol–water partition coefficient (Wildman–Crippen LogP) is 16.2. The maximum absolute atomic E-state index is 7.09. The van der Waals surface area contributed by atoms with Gasteiger partial charge in [-0.3, -0.25) is 0 Å². The van der Waals surface area contributed by atoms with Gasteiger partial charge < -0.3 is 9.32 Å². The summed E-state index contributed by atoms with van der Waals surface area (Å²) < 4.78 is 7.09. The lowest BCUT2D eigenvalue weighted by atomic mass is 9.85. The van der Waals surface area contributed by atoms with Crippen molar-refractivity contribution in [2.75, 3.05) is 4.90 Å². The highest BCUT2D eigenvalue weighted by molar-refractivity contribution is 6.24. The Kier molecular flexibility index (Phi) is 7.26. The molecule has 270 valence electrons. The molecular weight excluding hydrogens is 703 g/mol. The topological polar surface area (TPSA) is 16.4 Å². The van der Waals surface area contributed by atoms with Gasteiger partial charge in [0.15, 0.2) is 5.58 Å². The van der Waals surface area contributed by atoms with E-state index < -0.39 is 0 Å². The molecular formula is C56H35NO. The second kappa shape index (κ2) is 12.9. The van der Waals surface area contributed by atoms with Gasteiger partial charge in [0, 0.05) is 27.2 Å². The van der Waals surface area contributed by atoms with Crippen LogP contribution in [0.4, 0.5) is 17.1 Å². The van der Waals surface area contributed by atoms with Crippen molar-refractivity contribution >= 4 is 92.9 Å². The van der Waals surface area contributed by atoms with Gasteiger partial charge in [-0.15, -0.1) is 0 Å². The molecule has 0 fully saturated rings. The number of hydrogen-bond donors (Lipinski definition) is 0. The third-order valence-electron chi connectivity index (χ3n) is 12.0. The van der Waals surface area contributed by atoms with Crippen molar-refractivity contribution in [3.8, 4) is 22.3 Å². The number of para-hydroxylation sites is 1. The van der Waals surface area contributed by atoms with E-state index in [1.807, 2.05) is 0 Å². The molecule has 11 aromatic carbocycles. The fourth-order valence-corrected chi connectivity index (χ4v) is 9.44. The lowest BCUT2D eigenvalue weighted by molar-refractivity contribution is 0.673. The molecule has 0 saturated carbocycles. The van der Waals surface area contributed by atoms with Gasteiger partial charge in [0.1, 0.15) is 5.58 Å². The van der Waals surface area contributed by atoms with Crippen LogP contribution in [0.2, 0.25) is 0 Å². The molecule has 2 nitrogen and oxygen atoms in total. The second-order valence-electron chi connectivity index (χ2n) is 15.2. The zero-order valence-electron chi connectivity index (χ0n) is 31.6. The molecule has 0 radical (unpaired) electrons. The van der Waals surface area contributed by atoms with Crippen molar-refractivity contribution in [2.45, 2.75) is 0 Å². The van der Waals surface area contributed by atoms with Crippen molar-refractivity contribution in [2.24, 2.45) is 0 Å². The second-order valence-corrected chi connectivity index (χ2v) is 15.2. The molecule has 2 heteroatoms. The Morgan fingerprint density at radius 2 is 0.793 bits per heavy atom. The maximum atomic E-state index is 7.09. The average Bonchev–Trinajstić information content (AvgIpc) is 3.69. The molecule has 12 aromatic rings. The Morgan fingerprint density at radius 3 is 1.53 bits per heavy atom. The SMILES string of the molecule is c1ccc(-c2c(-c3ccccc3)c3cc(N(c4cc5ccccc5c5ccccc45)c4cccc5c4oc4c6ccccc6ccc54)ccc3c3ccccc23)cc1. The molecule has 0 bridgehead atoms. The number of hydrogen-bond acceptors (Lipinski definition) is 2. The van der Waals surface area contributed by atoms with Gasteiger partial charge in [0.05, 0.1) is 11.4 Å². The summed E-state index contributed by atoms with van der Waals surface area (Å²) in [6.45, 7) is 0. The lowest BCUT2D eigenvalue weighted by Gasteiger charge is -2.28. The molecule has 0 unspecified atom stereocenters. The highest BCUT2D eigenvalue weighted by Crippen LogP contribution is 2.50. The maximum Gasteiger partial charge on any atom is 0.159 e. The first-order chi connectivity index (χ1) is 28.8. The van der Waals surface area contributed by atoms with E-state index >= 15 is 0 Å². The van der Waals surface area contributed by atoms with Crippen LogP contribution in [0.5, 0.6) is 0 Å². The molecule has 58 heavy (non-hydrogen) atoms. The van der Waals surface area contributed by atoms with E-state index in [0.29, 0.717) is 0 Å². The minimum absolute atomic E-state index is 0.859. The minimum Gasteiger partial charge on any atom is -0.453 e. The number of nitrogens with zero attached hydrogens (tertiary/aromatic N) is 1. The van der Waals surface area contributed by atoms with Gasteiger partial charge in [-0.2, -0.15) is 0 Å². The number of fused-ring (bicyclic) bond motifs is 11. The fraction of sp³-hybridized carbons (Fsp3) is 0. The van der Waals surface area contributed by atoms with Crippen molar-refractivity contribution in [3.05, 3.63) is 212 Å². The first-order valence-electron chi connectivity index (χ1n) is 19.9. The van der Waals surface area contributed by atoms with Crippen molar-refractivity contribution in [3.63, 3.8) is 0 Å². The first kappa shape index (κ1) is 32.6. The Hall–Kier alpha value is -7.68. The molecule has 0 aliphatic rings. The third kappa shape index (κ3) is 4.92.